The predicted molar refractivity (Wildman–Crippen MR) is 63.2 cm³/mol. The molecule has 0 aliphatic heterocycles. The summed E-state index contributed by atoms with van der Waals surface area (Å²) in [6.07, 6.45) is -4.59. The average molecular weight is 289 g/mol. The molecule has 1 rings (SSSR count). The molecular weight excluding hydrogens is 279 g/mol. The smallest absolute Gasteiger partial charge is 0.395 e. The minimum Gasteiger partial charge on any atom is -0.395 e. The summed E-state index contributed by atoms with van der Waals surface area (Å²) >= 11 is 0. The van der Waals surface area contributed by atoms with Crippen LogP contribution in [0.2, 0.25) is 0 Å². The van der Waals surface area contributed by atoms with Crippen molar-refractivity contribution in [3.63, 3.8) is 0 Å². The number of nitriles is 1. The molecule has 0 radical (unpaired) electrons. The van der Waals surface area contributed by atoms with Crippen molar-refractivity contribution in [3.05, 3.63) is 33.9 Å². The van der Waals surface area contributed by atoms with Crippen LogP contribution in [0.15, 0.2) is 18.2 Å². The summed E-state index contributed by atoms with van der Waals surface area (Å²) in [5.41, 5.74) is -1.38. The number of anilines is 1. The van der Waals surface area contributed by atoms with Crippen molar-refractivity contribution in [1.82, 2.24) is 0 Å². The number of benzene rings is 1. The van der Waals surface area contributed by atoms with Crippen LogP contribution in [0.1, 0.15) is 5.56 Å². The lowest BCUT2D eigenvalue weighted by Crippen LogP contribution is -2.36. The van der Waals surface area contributed by atoms with Crippen LogP contribution in [-0.2, 0) is 0 Å². The standard InChI is InChI=1S/C11H10F3N3O3/c12-11(13,14)7-16(4-5-18)9-3-1-2-8(6-15)10(9)17(19)20/h1-3,18H,4-5,7H2. The van der Waals surface area contributed by atoms with Gasteiger partial charge in [0.15, 0.2) is 0 Å². The molecule has 0 saturated heterocycles. The molecule has 0 bridgehead atoms. The van der Waals surface area contributed by atoms with Crippen LogP contribution in [0.3, 0.4) is 0 Å². The van der Waals surface area contributed by atoms with Gasteiger partial charge in [-0.3, -0.25) is 10.1 Å². The van der Waals surface area contributed by atoms with E-state index in [0.29, 0.717) is 4.90 Å². The van der Waals surface area contributed by atoms with Gasteiger partial charge in [-0.25, -0.2) is 0 Å². The van der Waals surface area contributed by atoms with Crippen LogP contribution in [0.25, 0.3) is 0 Å². The fraction of sp³-hybridized carbons (Fsp3) is 0.364. The molecule has 0 spiro atoms. The number of aliphatic hydroxyl groups excluding tert-OH is 1. The fourth-order valence-electron chi connectivity index (χ4n) is 1.69. The van der Waals surface area contributed by atoms with Crippen molar-refractivity contribution in [2.45, 2.75) is 6.18 Å². The van der Waals surface area contributed by atoms with Gasteiger partial charge in [-0.2, -0.15) is 18.4 Å². The second kappa shape index (κ2) is 6.21. The maximum Gasteiger partial charge on any atom is 0.405 e. The molecule has 0 aliphatic rings. The van der Waals surface area contributed by atoms with Crippen LogP contribution in [0.5, 0.6) is 0 Å². The van der Waals surface area contributed by atoms with E-state index in [4.69, 9.17) is 10.4 Å². The predicted octanol–water partition coefficient (Wildman–Crippen LogP) is 1.83. The van der Waals surface area contributed by atoms with Gasteiger partial charge in [-0.1, -0.05) is 6.07 Å². The normalized spacial score (nSPS) is 10.9. The number of hydrogen-bond acceptors (Lipinski definition) is 5. The first-order valence-electron chi connectivity index (χ1n) is 5.40. The molecule has 0 unspecified atom stereocenters. The van der Waals surface area contributed by atoms with Gasteiger partial charge >= 0.3 is 11.9 Å². The highest BCUT2D eigenvalue weighted by molar-refractivity contribution is 5.69. The zero-order valence-electron chi connectivity index (χ0n) is 10.1. The average Bonchev–Trinajstić information content (AvgIpc) is 2.35. The summed E-state index contributed by atoms with van der Waals surface area (Å²) in [5, 5.41) is 28.6. The summed E-state index contributed by atoms with van der Waals surface area (Å²) in [6, 6.07) is 5.07. The largest absolute Gasteiger partial charge is 0.405 e. The monoisotopic (exact) mass is 289 g/mol. The molecule has 1 aromatic carbocycles. The van der Waals surface area contributed by atoms with E-state index in [1.54, 1.807) is 6.07 Å². The number of halogens is 3. The van der Waals surface area contributed by atoms with Crippen LogP contribution in [-0.4, -0.2) is 35.9 Å². The van der Waals surface area contributed by atoms with E-state index >= 15 is 0 Å². The third-order valence-corrected chi connectivity index (χ3v) is 2.40. The number of aliphatic hydroxyl groups is 1. The highest BCUT2D eigenvalue weighted by Gasteiger charge is 2.34. The Hall–Kier alpha value is -2.34. The summed E-state index contributed by atoms with van der Waals surface area (Å²) in [7, 11) is 0. The van der Waals surface area contributed by atoms with E-state index < -0.39 is 36.5 Å². The molecule has 0 heterocycles. The van der Waals surface area contributed by atoms with Gasteiger partial charge in [-0.05, 0) is 12.1 Å². The fourth-order valence-corrected chi connectivity index (χ4v) is 1.69. The molecule has 6 nitrogen and oxygen atoms in total. The quantitative estimate of drug-likeness (QED) is 0.659. The van der Waals surface area contributed by atoms with Gasteiger partial charge in [0.2, 0.25) is 0 Å². The molecule has 0 aromatic heterocycles. The highest BCUT2D eigenvalue weighted by atomic mass is 19.4. The van der Waals surface area contributed by atoms with Crippen molar-refractivity contribution >= 4 is 11.4 Å². The summed E-state index contributed by atoms with van der Waals surface area (Å²) in [4.78, 5) is 10.7. The number of hydrogen-bond donors (Lipinski definition) is 1. The first-order chi connectivity index (χ1) is 9.30. The van der Waals surface area contributed by atoms with E-state index in [2.05, 4.69) is 0 Å². The Bertz CT molecular complexity index is 540. The summed E-state index contributed by atoms with van der Waals surface area (Å²) in [5.74, 6) is 0. The van der Waals surface area contributed by atoms with Gasteiger partial charge in [0.25, 0.3) is 0 Å². The molecule has 1 aromatic rings. The SMILES string of the molecule is N#Cc1cccc(N(CCO)CC(F)(F)F)c1[N+](=O)[O-]. The number of nitro groups is 1. The summed E-state index contributed by atoms with van der Waals surface area (Å²) < 4.78 is 37.4. The minimum absolute atomic E-state index is 0.336. The topological polar surface area (TPSA) is 90.4 Å². The number of para-hydroxylation sites is 1. The summed E-state index contributed by atoms with van der Waals surface area (Å²) in [6.45, 7) is -2.50. The van der Waals surface area contributed by atoms with Crippen molar-refractivity contribution in [2.24, 2.45) is 0 Å². The zero-order valence-corrected chi connectivity index (χ0v) is 10.1. The Morgan fingerprint density at radius 2 is 2.10 bits per heavy atom. The Labute approximate surface area is 111 Å². The Morgan fingerprint density at radius 3 is 2.55 bits per heavy atom. The van der Waals surface area contributed by atoms with Gasteiger partial charge in [-0.15, -0.1) is 0 Å². The molecule has 0 atom stereocenters. The van der Waals surface area contributed by atoms with Gasteiger partial charge in [0.05, 0.1) is 11.5 Å². The van der Waals surface area contributed by atoms with E-state index in [1.165, 1.54) is 6.07 Å². The lowest BCUT2D eigenvalue weighted by Gasteiger charge is -2.24. The second-order valence-corrected chi connectivity index (χ2v) is 3.80. The zero-order chi connectivity index (χ0) is 15.3. The molecule has 0 saturated carbocycles. The Kier molecular flexibility index (Phi) is 4.88. The van der Waals surface area contributed by atoms with Gasteiger partial charge in [0.1, 0.15) is 23.9 Å². The second-order valence-electron chi connectivity index (χ2n) is 3.80. The van der Waals surface area contributed by atoms with Crippen LogP contribution in [0.4, 0.5) is 24.5 Å². The number of alkyl halides is 3. The third kappa shape index (κ3) is 3.83. The Morgan fingerprint density at radius 1 is 1.45 bits per heavy atom. The Balaban J connectivity index is 3.33. The molecule has 20 heavy (non-hydrogen) atoms. The van der Waals surface area contributed by atoms with Gasteiger partial charge < -0.3 is 10.0 Å². The lowest BCUT2D eigenvalue weighted by atomic mass is 10.1. The number of rotatable bonds is 5. The first-order valence-corrected chi connectivity index (χ1v) is 5.40. The van der Waals surface area contributed by atoms with E-state index in [-0.39, 0.29) is 11.3 Å². The molecule has 0 fully saturated rings. The molecule has 0 amide bonds. The number of nitro benzene ring substituents is 1. The molecule has 9 heteroatoms. The first kappa shape index (κ1) is 15.7. The van der Waals surface area contributed by atoms with Crippen molar-refractivity contribution in [1.29, 1.82) is 5.26 Å². The van der Waals surface area contributed by atoms with E-state index in [0.717, 1.165) is 12.1 Å². The van der Waals surface area contributed by atoms with Crippen LogP contribution >= 0.6 is 0 Å². The maximum atomic E-state index is 12.5. The molecule has 0 aliphatic carbocycles. The molecular formula is C11H10F3N3O3. The van der Waals surface area contributed by atoms with Crippen molar-refractivity contribution < 1.29 is 23.2 Å². The molecule has 1 N–H and O–H groups in total. The van der Waals surface area contributed by atoms with E-state index in [1.807, 2.05) is 0 Å². The van der Waals surface area contributed by atoms with Crippen molar-refractivity contribution in [3.8, 4) is 6.07 Å². The maximum absolute atomic E-state index is 12.5. The van der Waals surface area contributed by atoms with Crippen molar-refractivity contribution in [2.75, 3.05) is 24.6 Å². The number of nitrogens with zero attached hydrogens (tertiary/aromatic N) is 3. The van der Waals surface area contributed by atoms with Crippen LogP contribution < -0.4 is 4.90 Å². The highest BCUT2D eigenvalue weighted by Crippen LogP contribution is 2.33. The molecule has 108 valence electrons. The minimum atomic E-state index is -4.59. The van der Waals surface area contributed by atoms with Crippen LogP contribution in [0, 0.1) is 21.4 Å². The third-order valence-electron chi connectivity index (χ3n) is 2.40. The van der Waals surface area contributed by atoms with Gasteiger partial charge in [0, 0.05) is 6.54 Å². The lowest BCUT2D eigenvalue weighted by molar-refractivity contribution is -0.384. The van der Waals surface area contributed by atoms with E-state index in [9.17, 15) is 23.3 Å².